The Labute approximate surface area is 248 Å². The summed E-state index contributed by atoms with van der Waals surface area (Å²) in [5.41, 5.74) is 5.41. The molecule has 1 aliphatic rings. The lowest BCUT2D eigenvalue weighted by Crippen LogP contribution is -2.40. The molecule has 216 valence electrons. The van der Waals surface area contributed by atoms with Gasteiger partial charge in [-0.15, -0.1) is 0 Å². The van der Waals surface area contributed by atoms with E-state index < -0.39 is 0 Å². The van der Waals surface area contributed by atoms with E-state index in [1.165, 1.54) is 0 Å². The number of methoxy groups -OCH3 is 1. The number of benzene rings is 4. The Morgan fingerprint density at radius 3 is 2.19 bits per heavy atom. The monoisotopic (exact) mass is 561 g/mol. The van der Waals surface area contributed by atoms with Crippen LogP contribution < -0.4 is 20.3 Å². The molecule has 0 aliphatic carbocycles. The summed E-state index contributed by atoms with van der Waals surface area (Å²) in [6, 6.07) is 33.6. The van der Waals surface area contributed by atoms with Crippen molar-refractivity contribution in [1.82, 2.24) is 5.32 Å². The standard InChI is InChI=1S/C36H39N3O3/c1-3-23-37-36(41)34(27-9-5-4-6-10-27)28-21-24-39(25-22-28)30-17-15-29(16-18-30)38-35(40)33-12-8-7-11-32(33)26-13-19-31(42-2)20-14-26/h4-20,28,34H,3,21-25H2,1-2H3,(H,37,41)(H,38,40). The lowest BCUT2D eigenvalue weighted by molar-refractivity contribution is -0.124. The van der Waals surface area contributed by atoms with Crippen molar-refractivity contribution in [2.45, 2.75) is 32.1 Å². The fraction of sp³-hybridized carbons (Fsp3) is 0.278. The van der Waals surface area contributed by atoms with Crippen LogP contribution >= 0.6 is 0 Å². The summed E-state index contributed by atoms with van der Waals surface area (Å²) < 4.78 is 5.27. The van der Waals surface area contributed by atoms with Gasteiger partial charge in [0, 0.05) is 36.6 Å². The minimum atomic E-state index is -0.150. The van der Waals surface area contributed by atoms with Gasteiger partial charge >= 0.3 is 0 Å². The number of nitrogens with one attached hydrogen (secondary N) is 2. The predicted octanol–water partition coefficient (Wildman–Crippen LogP) is 7.14. The Balaban J connectivity index is 1.22. The van der Waals surface area contributed by atoms with Crippen LogP contribution in [-0.4, -0.2) is 38.6 Å². The number of hydrogen-bond donors (Lipinski definition) is 2. The molecule has 1 unspecified atom stereocenters. The van der Waals surface area contributed by atoms with Gasteiger partial charge in [-0.3, -0.25) is 9.59 Å². The van der Waals surface area contributed by atoms with Crippen molar-refractivity contribution in [2.75, 3.05) is 37.0 Å². The van der Waals surface area contributed by atoms with E-state index in [1.54, 1.807) is 7.11 Å². The summed E-state index contributed by atoms with van der Waals surface area (Å²) in [6.07, 6.45) is 2.82. The molecular weight excluding hydrogens is 522 g/mol. The minimum absolute atomic E-state index is 0.127. The zero-order chi connectivity index (χ0) is 29.3. The van der Waals surface area contributed by atoms with Crippen LogP contribution in [0.25, 0.3) is 11.1 Å². The first-order chi connectivity index (χ1) is 20.6. The molecule has 1 fully saturated rings. The first-order valence-corrected chi connectivity index (χ1v) is 14.8. The largest absolute Gasteiger partial charge is 0.497 e. The maximum Gasteiger partial charge on any atom is 0.256 e. The van der Waals surface area contributed by atoms with Gasteiger partial charge in [-0.1, -0.05) is 67.6 Å². The summed E-state index contributed by atoms with van der Waals surface area (Å²) in [7, 11) is 1.64. The van der Waals surface area contributed by atoms with Crippen LogP contribution in [0.2, 0.25) is 0 Å². The highest BCUT2D eigenvalue weighted by molar-refractivity contribution is 6.08. The Kier molecular flexibility index (Phi) is 9.55. The Morgan fingerprint density at radius 1 is 0.857 bits per heavy atom. The number of amides is 2. The van der Waals surface area contributed by atoms with Gasteiger partial charge in [0.25, 0.3) is 5.91 Å². The molecule has 0 aromatic heterocycles. The number of hydrogen-bond acceptors (Lipinski definition) is 4. The molecule has 1 atom stereocenters. The summed E-state index contributed by atoms with van der Waals surface area (Å²) in [5.74, 6) is 0.931. The molecule has 1 aliphatic heterocycles. The van der Waals surface area contributed by atoms with Crippen molar-refractivity contribution < 1.29 is 14.3 Å². The van der Waals surface area contributed by atoms with Crippen LogP contribution in [0.1, 0.15) is 48.0 Å². The number of carbonyl (C=O) groups is 2. The molecule has 4 aromatic rings. The van der Waals surface area contributed by atoms with Crippen LogP contribution in [0.15, 0.2) is 103 Å². The first kappa shape index (κ1) is 28.9. The van der Waals surface area contributed by atoms with Gasteiger partial charge in [0.2, 0.25) is 5.91 Å². The molecule has 0 saturated carbocycles. The first-order valence-electron chi connectivity index (χ1n) is 14.8. The van der Waals surface area contributed by atoms with E-state index in [4.69, 9.17) is 4.74 Å². The smallest absolute Gasteiger partial charge is 0.256 e. The second-order valence-corrected chi connectivity index (χ2v) is 10.8. The molecule has 1 saturated heterocycles. The molecule has 2 N–H and O–H groups in total. The maximum atomic E-state index is 13.3. The highest BCUT2D eigenvalue weighted by Gasteiger charge is 2.32. The highest BCUT2D eigenvalue weighted by atomic mass is 16.5. The van der Waals surface area contributed by atoms with Crippen molar-refractivity contribution >= 4 is 23.2 Å². The Bertz CT molecular complexity index is 1460. The van der Waals surface area contributed by atoms with Crippen molar-refractivity contribution in [3.8, 4) is 16.9 Å². The molecule has 6 nitrogen and oxygen atoms in total. The average molecular weight is 562 g/mol. The Hall–Kier alpha value is -4.58. The quantitative estimate of drug-likeness (QED) is 0.216. The zero-order valence-electron chi connectivity index (χ0n) is 24.4. The van der Waals surface area contributed by atoms with Crippen LogP contribution in [-0.2, 0) is 4.79 Å². The molecule has 5 rings (SSSR count). The van der Waals surface area contributed by atoms with Crippen LogP contribution in [0.5, 0.6) is 5.75 Å². The second-order valence-electron chi connectivity index (χ2n) is 10.8. The molecule has 0 spiro atoms. The van der Waals surface area contributed by atoms with Gasteiger partial charge in [0.15, 0.2) is 0 Å². The number of anilines is 2. The molecule has 1 heterocycles. The van der Waals surface area contributed by atoms with Crippen LogP contribution in [0, 0.1) is 5.92 Å². The van der Waals surface area contributed by atoms with E-state index in [0.717, 1.165) is 66.2 Å². The number of piperidine rings is 1. The number of rotatable bonds is 10. The van der Waals surface area contributed by atoms with Crippen molar-refractivity contribution in [2.24, 2.45) is 5.92 Å². The SMILES string of the molecule is CCCNC(=O)C(c1ccccc1)C1CCN(c2ccc(NC(=O)c3ccccc3-c3ccc(OC)cc3)cc2)CC1. The summed E-state index contributed by atoms with van der Waals surface area (Å²) in [5, 5.41) is 6.19. The number of carbonyl (C=O) groups excluding carboxylic acids is 2. The topological polar surface area (TPSA) is 70.7 Å². The number of ether oxygens (including phenoxy) is 1. The third kappa shape index (κ3) is 6.82. The lowest BCUT2D eigenvalue weighted by atomic mass is 9.79. The van der Waals surface area contributed by atoms with Crippen molar-refractivity contribution in [3.05, 3.63) is 114 Å². The molecular formula is C36H39N3O3. The van der Waals surface area contributed by atoms with Gasteiger partial charge in [-0.2, -0.15) is 0 Å². The molecule has 2 amide bonds. The van der Waals surface area contributed by atoms with E-state index >= 15 is 0 Å². The fourth-order valence-electron chi connectivity index (χ4n) is 5.80. The lowest BCUT2D eigenvalue weighted by Gasteiger charge is -2.37. The van der Waals surface area contributed by atoms with Crippen molar-refractivity contribution in [1.29, 1.82) is 0 Å². The van der Waals surface area contributed by atoms with E-state index in [0.29, 0.717) is 18.0 Å². The average Bonchev–Trinajstić information content (AvgIpc) is 3.05. The molecule has 42 heavy (non-hydrogen) atoms. The third-order valence-electron chi connectivity index (χ3n) is 8.06. The Morgan fingerprint density at radius 2 is 1.52 bits per heavy atom. The summed E-state index contributed by atoms with van der Waals surface area (Å²) in [6.45, 7) is 4.55. The van der Waals surface area contributed by atoms with Gasteiger partial charge in [-0.05, 0) is 84.3 Å². The molecule has 4 aromatic carbocycles. The second kappa shape index (κ2) is 13.9. The van der Waals surface area contributed by atoms with Gasteiger partial charge in [-0.25, -0.2) is 0 Å². The van der Waals surface area contributed by atoms with E-state index in [-0.39, 0.29) is 17.7 Å². The molecule has 0 radical (unpaired) electrons. The van der Waals surface area contributed by atoms with Gasteiger partial charge < -0.3 is 20.3 Å². The normalized spacial score (nSPS) is 14.2. The zero-order valence-corrected chi connectivity index (χ0v) is 24.4. The van der Waals surface area contributed by atoms with Crippen molar-refractivity contribution in [3.63, 3.8) is 0 Å². The minimum Gasteiger partial charge on any atom is -0.497 e. The van der Waals surface area contributed by atoms with Gasteiger partial charge in [0.05, 0.1) is 13.0 Å². The summed E-state index contributed by atoms with van der Waals surface area (Å²) in [4.78, 5) is 28.8. The molecule has 6 heteroatoms. The predicted molar refractivity (Wildman–Crippen MR) is 170 cm³/mol. The number of nitrogens with zero attached hydrogens (tertiary/aromatic N) is 1. The van der Waals surface area contributed by atoms with Crippen LogP contribution in [0.3, 0.4) is 0 Å². The van der Waals surface area contributed by atoms with E-state index in [2.05, 4.69) is 46.7 Å². The van der Waals surface area contributed by atoms with Gasteiger partial charge in [0.1, 0.15) is 5.75 Å². The summed E-state index contributed by atoms with van der Waals surface area (Å²) >= 11 is 0. The van der Waals surface area contributed by atoms with E-state index in [1.807, 2.05) is 78.9 Å². The maximum absolute atomic E-state index is 13.3. The van der Waals surface area contributed by atoms with E-state index in [9.17, 15) is 9.59 Å². The third-order valence-corrected chi connectivity index (χ3v) is 8.06. The molecule has 0 bridgehead atoms. The highest BCUT2D eigenvalue weighted by Crippen LogP contribution is 2.35. The fourth-order valence-corrected chi connectivity index (χ4v) is 5.80. The van der Waals surface area contributed by atoms with Crippen LogP contribution in [0.4, 0.5) is 11.4 Å².